The Hall–Kier alpha value is -3.49. The van der Waals surface area contributed by atoms with Gasteiger partial charge >= 0.3 is 4.87 Å². The van der Waals surface area contributed by atoms with Crippen LogP contribution in [0.1, 0.15) is 21.7 Å². The predicted octanol–water partition coefficient (Wildman–Crippen LogP) is 5.61. The van der Waals surface area contributed by atoms with Gasteiger partial charge in [0.2, 0.25) is 0 Å². The fraction of sp³-hybridized carbons (Fsp3) is 0.120. The Bertz CT molecular complexity index is 1340. The Morgan fingerprint density at radius 2 is 2.03 bits per heavy atom. The lowest BCUT2D eigenvalue weighted by molar-refractivity contribution is 0.0954. The van der Waals surface area contributed by atoms with E-state index in [-0.39, 0.29) is 10.8 Å². The number of amides is 1. The number of thiophene rings is 1. The van der Waals surface area contributed by atoms with Gasteiger partial charge in [-0.15, -0.1) is 11.3 Å². The number of methoxy groups -OCH3 is 1. The molecule has 168 valence electrons. The predicted molar refractivity (Wildman–Crippen MR) is 132 cm³/mol. The second-order valence-corrected chi connectivity index (χ2v) is 8.88. The van der Waals surface area contributed by atoms with Crippen LogP contribution in [0.2, 0.25) is 0 Å². The van der Waals surface area contributed by atoms with Crippen molar-refractivity contribution in [2.75, 3.05) is 13.7 Å². The summed E-state index contributed by atoms with van der Waals surface area (Å²) in [6.07, 6.45) is 4.78. The van der Waals surface area contributed by atoms with Crippen molar-refractivity contribution < 1.29 is 13.9 Å². The molecule has 0 spiro atoms. The molecule has 0 radical (unpaired) electrons. The summed E-state index contributed by atoms with van der Waals surface area (Å²) in [5.74, 6) is -0.299. The molecule has 2 heterocycles. The highest BCUT2D eigenvalue weighted by Crippen LogP contribution is 2.29. The average molecular weight is 481 g/mol. The van der Waals surface area contributed by atoms with Gasteiger partial charge in [-0.3, -0.25) is 14.2 Å². The Morgan fingerprint density at radius 1 is 1.15 bits per heavy atom. The fourth-order valence-corrected chi connectivity index (χ4v) is 4.75. The zero-order valence-electron chi connectivity index (χ0n) is 17.8. The van der Waals surface area contributed by atoms with Gasteiger partial charge in [-0.25, -0.2) is 4.39 Å². The van der Waals surface area contributed by atoms with Crippen molar-refractivity contribution in [3.05, 3.63) is 97.4 Å². The molecule has 1 amide bonds. The van der Waals surface area contributed by atoms with Crippen molar-refractivity contribution >= 4 is 34.7 Å². The van der Waals surface area contributed by atoms with Gasteiger partial charge in [0.25, 0.3) is 5.91 Å². The van der Waals surface area contributed by atoms with Crippen molar-refractivity contribution in [3.8, 4) is 22.7 Å². The molecule has 2 aromatic heterocycles. The van der Waals surface area contributed by atoms with Gasteiger partial charge in [0.15, 0.2) is 0 Å². The molecule has 0 aliphatic heterocycles. The number of benzene rings is 2. The number of carbonyl (C=O) groups excluding carboxylic acids is 1. The molecule has 4 aromatic rings. The van der Waals surface area contributed by atoms with Gasteiger partial charge in [0, 0.05) is 34.0 Å². The van der Waals surface area contributed by atoms with E-state index in [0.29, 0.717) is 41.2 Å². The molecule has 5 nitrogen and oxygen atoms in total. The highest BCUT2D eigenvalue weighted by atomic mass is 32.1. The molecule has 0 atom stereocenters. The van der Waals surface area contributed by atoms with Crippen LogP contribution in [0.4, 0.5) is 4.39 Å². The Morgan fingerprint density at radius 3 is 2.82 bits per heavy atom. The molecule has 0 aliphatic rings. The summed E-state index contributed by atoms with van der Waals surface area (Å²) in [7, 11) is 1.47. The van der Waals surface area contributed by atoms with Crippen molar-refractivity contribution in [2.45, 2.75) is 6.42 Å². The number of aromatic nitrogens is 1. The zero-order chi connectivity index (χ0) is 23.2. The van der Waals surface area contributed by atoms with Crippen molar-refractivity contribution in [3.63, 3.8) is 0 Å². The van der Waals surface area contributed by atoms with Crippen molar-refractivity contribution in [1.82, 2.24) is 9.88 Å². The average Bonchev–Trinajstić information content (AvgIpc) is 3.48. The van der Waals surface area contributed by atoms with Crippen LogP contribution in [-0.4, -0.2) is 24.1 Å². The van der Waals surface area contributed by atoms with Crippen LogP contribution in [0.5, 0.6) is 5.75 Å². The van der Waals surface area contributed by atoms with E-state index in [1.54, 1.807) is 34.9 Å². The van der Waals surface area contributed by atoms with E-state index >= 15 is 0 Å². The molecular formula is C25H21FN2O3S2. The highest BCUT2D eigenvalue weighted by molar-refractivity contribution is 7.10. The maximum Gasteiger partial charge on any atom is 0.312 e. The third-order valence-corrected chi connectivity index (χ3v) is 6.48. The molecular weight excluding hydrogens is 459 g/mol. The molecule has 0 saturated heterocycles. The topological polar surface area (TPSA) is 60.3 Å². The van der Waals surface area contributed by atoms with E-state index < -0.39 is 5.82 Å². The molecule has 4 rings (SSSR count). The van der Waals surface area contributed by atoms with Gasteiger partial charge in [-0.1, -0.05) is 35.6 Å². The maximum absolute atomic E-state index is 13.9. The molecule has 8 heteroatoms. The molecule has 1 N–H and O–H groups in total. The molecule has 33 heavy (non-hydrogen) atoms. The second kappa shape index (κ2) is 10.4. The summed E-state index contributed by atoms with van der Waals surface area (Å²) in [6.45, 7) is 0.509. The van der Waals surface area contributed by atoms with Crippen LogP contribution in [-0.2, 0) is 0 Å². The van der Waals surface area contributed by atoms with Gasteiger partial charge in [-0.05, 0) is 48.2 Å². The van der Waals surface area contributed by atoms with Gasteiger partial charge in [0.05, 0.1) is 18.5 Å². The number of hydrogen-bond donors (Lipinski definition) is 1. The van der Waals surface area contributed by atoms with Crippen LogP contribution in [0.3, 0.4) is 0 Å². The summed E-state index contributed by atoms with van der Waals surface area (Å²) in [6, 6.07) is 15.1. The van der Waals surface area contributed by atoms with Gasteiger partial charge in [-0.2, -0.15) is 0 Å². The minimum atomic E-state index is -0.476. The van der Waals surface area contributed by atoms with Gasteiger partial charge in [0.1, 0.15) is 11.6 Å². The lowest BCUT2D eigenvalue weighted by Gasteiger charge is -2.13. The summed E-state index contributed by atoms with van der Waals surface area (Å²) in [4.78, 5) is 26.2. The lowest BCUT2D eigenvalue weighted by atomic mass is 10.1. The first-order valence-corrected chi connectivity index (χ1v) is 12.0. The van der Waals surface area contributed by atoms with E-state index in [1.807, 2.05) is 35.7 Å². The molecule has 0 fully saturated rings. The van der Waals surface area contributed by atoms with E-state index in [2.05, 4.69) is 5.32 Å². The minimum absolute atomic E-state index is 0.200. The fourth-order valence-electron chi connectivity index (χ4n) is 3.35. The largest absolute Gasteiger partial charge is 0.495 e. The number of ether oxygens (including phenoxy) is 1. The standard InChI is InChI=1S/C25H21FN2O3S2/c1-31-23-11-10-19(26)15-21(23)28-22(16-33-25(28)30)17-6-4-7-18(14-17)24(29)27-12-3-2-8-20-9-5-13-32-20/h2,4-11,13-16H,3,12H2,1H3,(H,27,29)/b8-2+. The van der Waals surface area contributed by atoms with Crippen LogP contribution in [0.15, 0.2) is 76.2 Å². The van der Waals surface area contributed by atoms with Crippen molar-refractivity contribution in [1.29, 1.82) is 0 Å². The summed E-state index contributed by atoms with van der Waals surface area (Å²) in [5.41, 5.74) is 2.02. The highest BCUT2D eigenvalue weighted by Gasteiger charge is 2.17. The van der Waals surface area contributed by atoms with E-state index in [1.165, 1.54) is 34.8 Å². The number of rotatable bonds is 8. The second-order valence-electron chi connectivity index (χ2n) is 7.08. The molecule has 0 saturated carbocycles. The third-order valence-electron chi connectivity index (χ3n) is 4.92. The lowest BCUT2D eigenvalue weighted by Crippen LogP contribution is -2.24. The summed E-state index contributed by atoms with van der Waals surface area (Å²) in [5, 5.41) is 6.63. The van der Waals surface area contributed by atoms with Crippen LogP contribution in [0.25, 0.3) is 23.0 Å². The normalized spacial score (nSPS) is 11.1. The number of nitrogens with zero attached hydrogens (tertiary/aromatic N) is 1. The van der Waals surface area contributed by atoms with E-state index in [4.69, 9.17) is 4.74 Å². The first-order chi connectivity index (χ1) is 16.1. The number of nitrogens with one attached hydrogen (secondary N) is 1. The number of carbonyl (C=O) groups is 1. The quantitative estimate of drug-likeness (QED) is 0.334. The Balaban J connectivity index is 1.53. The molecule has 0 bridgehead atoms. The third kappa shape index (κ3) is 5.30. The number of halogens is 1. The first-order valence-electron chi connectivity index (χ1n) is 10.2. The SMILES string of the molecule is COc1ccc(F)cc1-n1c(-c2cccc(C(=O)NCC/C=C/c3cccs3)c2)csc1=O. The summed E-state index contributed by atoms with van der Waals surface area (Å²) >= 11 is 2.66. The Labute approximate surface area is 198 Å². The number of hydrogen-bond acceptors (Lipinski definition) is 5. The smallest absolute Gasteiger partial charge is 0.312 e. The monoisotopic (exact) mass is 480 g/mol. The van der Waals surface area contributed by atoms with Crippen LogP contribution < -0.4 is 14.9 Å². The maximum atomic E-state index is 13.9. The van der Waals surface area contributed by atoms with E-state index in [9.17, 15) is 14.0 Å². The summed E-state index contributed by atoms with van der Waals surface area (Å²) < 4.78 is 20.7. The molecule has 0 unspecified atom stereocenters. The van der Waals surface area contributed by atoms with Crippen LogP contribution in [0, 0.1) is 5.82 Å². The first kappa shape index (κ1) is 22.7. The Kier molecular flexibility index (Phi) is 7.16. The van der Waals surface area contributed by atoms with Crippen LogP contribution >= 0.6 is 22.7 Å². The van der Waals surface area contributed by atoms with Crippen molar-refractivity contribution in [2.24, 2.45) is 0 Å². The molecule has 2 aromatic carbocycles. The van der Waals surface area contributed by atoms with Gasteiger partial charge < -0.3 is 10.1 Å². The molecule has 0 aliphatic carbocycles. The minimum Gasteiger partial charge on any atom is -0.495 e. The van der Waals surface area contributed by atoms with E-state index in [0.717, 1.165) is 11.3 Å². The zero-order valence-corrected chi connectivity index (χ0v) is 19.4. The number of thiazole rings is 1.